The number of rotatable bonds is 7. The number of nitrogens with zero attached hydrogens (tertiary/aromatic N) is 3. The predicted octanol–water partition coefficient (Wildman–Crippen LogP) is 4.74. The van der Waals surface area contributed by atoms with E-state index >= 15 is 0 Å². The van der Waals surface area contributed by atoms with E-state index in [1.165, 1.54) is 36.1 Å². The molecule has 3 aromatic rings. The summed E-state index contributed by atoms with van der Waals surface area (Å²) in [6.45, 7) is 3.08. The molecule has 0 spiro atoms. The predicted molar refractivity (Wildman–Crippen MR) is 141 cm³/mol. The van der Waals surface area contributed by atoms with Crippen molar-refractivity contribution >= 4 is 52.3 Å². The Morgan fingerprint density at radius 1 is 1.08 bits per heavy atom. The second-order valence-electron chi connectivity index (χ2n) is 8.74. The smallest absolute Gasteiger partial charge is 0.288 e. The lowest BCUT2D eigenvalue weighted by Gasteiger charge is -2.33. The zero-order valence-corrected chi connectivity index (χ0v) is 21.2. The maximum Gasteiger partial charge on any atom is 0.288 e. The molecule has 1 saturated heterocycles. The average Bonchev–Trinajstić information content (AvgIpc) is 3.18. The van der Waals surface area contributed by atoms with Crippen molar-refractivity contribution in [2.24, 2.45) is 0 Å². The van der Waals surface area contributed by atoms with Gasteiger partial charge in [-0.2, -0.15) is 0 Å². The van der Waals surface area contributed by atoms with E-state index in [0.717, 1.165) is 11.0 Å². The van der Waals surface area contributed by atoms with Gasteiger partial charge < -0.3 is 10.2 Å². The topological polar surface area (TPSA) is 130 Å². The van der Waals surface area contributed by atoms with Crippen LogP contribution in [0.4, 0.5) is 17.1 Å². The molecule has 10 nitrogen and oxygen atoms in total. The molecule has 194 valence electrons. The highest BCUT2D eigenvalue weighted by Gasteiger charge is 2.46. The molecule has 1 aliphatic rings. The molecule has 1 fully saturated rings. The third kappa shape index (κ3) is 5.25. The first-order chi connectivity index (χ1) is 18.1. The number of benzene rings is 3. The molecule has 0 aromatic heterocycles. The van der Waals surface area contributed by atoms with Gasteiger partial charge in [0.2, 0.25) is 11.8 Å². The molecule has 2 unspecified atom stereocenters. The van der Waals surface area contributed by atoms with Crippen LogP contribution in [-0.4, -0.2) is 39.5 Å². The number of hydrogen-bond donors (Lipinski definition) is 1. The van der Waals surface area contributed by atoms with Gasteiger partial charge in [-0.1, -0.05) is 41.9 Å². The molecule has 0 aliphatic carbocycles. The third-order valence-corrected chi connectivity index (χ3v) is 6.55. The Labute approximate surface area is 222 Å². The van der Waals surface area contributed by atoms with E-state index < -0.39 is 40.4 Å². The Hall–Kier alpha value is -4.57. The molecule has 1 aliphatic heterocycles. The highest BCUT2D eigenvalue weighted by atomic mass is 35.5. The third-order valence-electron chi connectivity index (χ3n) is 6.23. The molecule has 3 aromatic carbocycles. The summed E-state index contributed by atoms with van der Waals surface area (Å²) >= 11 is 5.93. The lowest BCUT2D eigenvalue weighted by Crippen LogP contribution is -2.46. The number of nitro groups is 1. The van der Waals surface area contributed by atoms with Crippen molar-refractivity contribution in [3.8, 4) is 0 Å². The van der Waals surface area contributed by atoms with Crippen molar-refractivity contribution in [1.29, 1.82) is 0 Å². The van der Waals surface area contributed by atoms with Crippen LogP contribution in [0.15, 0.2) is 72.8 Å². The second kappa shape index (κ2) is 10.8. The molecular formula is C27H23ClN4O6. The Morgan fingerprint density at radius 2 is 1.74 bits per heavy atom. The van der Waals surface area contributed by atoms with Gasteiger partial charge in [-0.25, -0.2) is 4.90 Å². The van der Waals surface area contributed by atoms with Crippen molar-refractivity contribution in [3.63, 3.8) is 0 Å². The molecule has 1 N–H and O–H groups in total. The number of anilines is 2. The van der Waals surface area contributed by atoms with Crippen molar-refractivity contribution in [1.82, 2.24) is 4.90 Å². The molecule has 2 atom stereocenters. The van der Waals surface area contributed by atoms with Crippen LogP contribution in [-0.2, 0) is 14.4 Å². The fourth-order valence-corrected chi connectivity index (χ4v) is 4.60. The summed E-state index contributed by atoms with van der Waals surface area (Å²) in [6, 6.07) is 17.0. The SMILES string of the molecule is CC(=O)Nc1ccc(N2C(=O)CC(N(C(=O)c3ccc(Cl)c([N+](=O)[O-])c3)C(C)c3ccccc3)C2=O)cc1. The van der Waals surface area contributed by atoms with E-state index in [1.807, 2.05) is 6.07 Å². The van der Waals surface area contributed by atoms with E-state index in [9.17, 15) is 29.3 Å². The monoisotopic (exact) mass is 534 g/mol. The van der Waals surface area contributed by atoms with Crippen LogP contribution in [0.3, 0.4) is 0 Å². The molecule has 11 heteroatoms. The van der Waals surface area contributed by atoms with Gasteiger partial charge >= 0.3 is 0 Å². The molecule has 0 saturated carbocycles. The maximum absolute atomic E-state index is 13.8. The summed E-state index contributed by atoms with van der Waals surface area (Å²) in [7, 11) is 0. The first kappa shape index (κ1) is 26.5. The summed E-state index contributed by atoms with van der Waals surface area (Å²) in [5.74, 6) is -2.04. The summed E-state index contributed by atoms with van der Waals surface area (Å²) < 4.78 is 0. The fraction of sp³-hybridized carbons (Fsp3) is 0.185. The van der Waals surface area contributed by atoms with Crippen LogP contribution in [0.1, 0.15) is 42.2 Å². The Balaban J connectivity index is 1.72. The van der Waals surface area contributed by atoms with E-state index in [-0.39, 0.29) is 22.9 Å². The first-order valence-corrected chi connectivity index (χ1v) is 12.0. The number of halogens is 1. The highest BCUT2D eigenvalue weighted by molar-refractivity contribution is 6.32. The summed E-state index contributed by atoms with van der Waals surface area (Å²) in [5.41, 5.74) is 1.01. The number of carbonyl (C=O) groups excluding carboxylic acids is 4. The second-order valence-corrected chi connectivity index (χ2v) is 9.14. The molecule has 38 heavy (non-hydrogen) atoms. The Bertz CT molecular complexity index is 1430. The van der Waals surface area contributed by atoms with Crippen LogP contribution in [0.25, 0.3) is 0 Å². The van der Waals surface area contributed by atoms with Crippen LogP contribution in [0.2, 0.25) is 5.02 Å². The minimum atomic E-state index is -1.16. The van der Waals surface area contributed by atoms with E-state index in [4.69, 9.17) is 11.6 Å². The standard InChI is InChI=1S/C27H23ClN4O6/c1-16(18-6-4-3-5-7-18)30(26(35)19-8-13-22(28)23(14-19)32(37)38)24-15-25(34)31(27(24)36)21-11-9-20(10-12-21)29-17(2)33/h3-14,16,24H,15H2,1-2H3,(H,29,33). The zero-order valence-electron chi connectivity index (χ0n) is 20.5. The highest BCUT2D eigenvalue weighted by Crippen LogP contribution is 2.34. The molecule has 4 rings (SSSR count). The van der Waals surface area contributed by atoms with Gasteiger partial charge in [0.1, 0.15) is 11.1 Å². The van der Waals surface area contributed by atoms with E-state index in [2.05, 4.69) is 5.32 Å². The van der Waals surface area contributed by atoms with E-state index in [0.29, 0.717) is 16.9 Å². The number of amides is 4. The van der Waals surface area contributed by atoms with Gasteiger partial charge in [-0.15, -0.1) is 0 Å². The van der Waals surface area contributed by atoms with Gasteiger partial charge in [0.05, 0.1) is 23.1 Å². The minimum absolute atomic E-state index is 0.0396. The van der Waals surface area contributed by atoms with Crippen LogP contribution >= 0.6 is 11.6 Å². The Morgan fingerprint density at radius 3 is 2.34 bits per heavy atom. The van der Waals surface area contributed by atoms with Gasteiger partial charge in [0.25, 0.3) is 17.5 Å². The Kier molecular flexibility index (Phi) is 7.54. The van der Waals surface area contributed by atoms with Crippen LogP contribution in [0.5, 0.6) is 0 Å². The van der Waals surface area contributed by atoms with Gasteiger partial charge in [-0.05, 0) is 48.9 Å². The summed E-state index contributed by atoms with van der Waals surface area (Å²) in [5, 5.41) is 13.9. The number of imide groups is 1. The number of hydrogen-bond acceptors (Lipinski definition) is 6. The number of carbonyl (C=O) groups is 4. The molecule has 4 amide bonds. The van der Waals surface area contributed by atoms with Crippen molar-refractivity contribution in [2.45, 2.75) is 32.4 Å². The molecular weight excluding hydrogens is 512 g/mol. The molecule has 1 heterocycles. The summed E-state index contributed by atoms with van der Waals surface area (Å²) in [6.07, 6.45) is -0.273. The lowest BCUT2D eigenvalue weighted by atomic mass is 10.0. The van der Waals surface area contributed by atoms with Crippen molar-refractivity contribution in [2.75, 3.05) is 10.2 Å². The van der Waals surface area contributed by atoms with Gasteiger partial charge in [-0.3, -0.25) is 29.3 Å². The zero-order chi connectivity index (χ0) is 27.6. The van der Waals surface area contributed by atoms with Crippen LogP contribution < -0.4 is 10.2 Å². The lowest BCUT2D eigenvalue weighted by molar-refractivity contribution is -0.384. The molecule has 0 radical (unpaired) electrons. The fourth-order valence-electron chi connectivity index (χ4n) is 4.42. The number of nitrogens with one attached hydrogen (secondary N) is 1. The van der Waals surface area contributed by atoms with E-state index in [1.54, 1.807) is 43.3 Å². The van der Waals surface area contributed by atoms with Gasteiger partial charge in [0, 0.05) is 24.2 Å². The number of nitro benzene ring substituents is 1. The van der Waals surface area contributed by atoms with Crippen LogP contribution in [0, 0.1) is 10.1 Å². The van der Waals surface area contributed by atoms with Crippen molar-refractivity contribution < 1.29 is 24.1 Å². The maximum atomic E-state index is 13.8. The average molecular weight is 535 g/mol. The quantitative estimate of drug-likeness (QED) is 0.265. The van der Waals surface area contributed by atoms with Crippen molar-refractivity contribution in [3.05, 3.63) is 99.1 Å². The normalized spacial score (nSPS) is 15.8. The van der Waals surface area contributed by atoms with Gasteiger partial charge in [0.15, 0.2) is 0 Å². The first-order valence-electron chi connectivity index (χ1n) is 11.6. The largest absolute Gasteiger partial charge is 0.326 e. The molecule has 0 bridgehead atoms. The summed E-state index contributed by atoms with van der Waals surface area (Å²) in [4.78, 5) is 64.8. The minimum Gasteiger partial charge on any atom is -0.326 e.